The number of aromatic nitrogens is 4. The van der Waals surface area contributed by atoms with E-state index in [0.717, 1.165) is 44.7 Å². The summed E-state index contributed by atoms with van der Waals surface area (Å²) in [5, 5.41) is 10.7. The number of hydrogen-bond donors (Lipinski definition) is 1. The Kier molecular flexibility index (Phi) is 6.10. The summed E-state index contributed by atoms with van der Waals surface area (Å²) < 4.78 is 2.09. The summed E-state index contributed by atoms with van der Waals surface area (Å²) in [7, 11) is 0. The Hall–Kier alpha value is -5.55. The molecule has 1 N–H and O–H groups in total. The normalized spacial score (nSPS) is 11.1. The van der Waals surface area contributed by atoms with Crippen LogP contribution in [-0.4, -0.2) is 24.6 Å². The zero-order chi connectivity index (χ0) is 27.8. The SMILES string of the molecule is Cc1cnc(-c2cccc(-c3cccc4c3nc(-c3ccncc3O)n4-c3ccccc3)c2)cc1-c1ccccc1. The fraction of sp³-hybridized carbons (Fsp3) is 0.0278. The van der Waals surface area contributed by atoms with E-state index < -0.39 is 0 Å². The second-order valence-corrected chi connectivity index (χ2v) is 10.0. The molecule has 7 rings (SSSR count). The second kappa shape index (κ2) is 10.2. The second-order valence-electron chi connectivity index (χ2n) is 10.0. The molecule has 0 radical (unpaired) electrons. The van der Waals surface area contributed by atoms with Gasteiger partial charge in [0.1, 0.15) is 11.6 Å². The van der Waals surface area contributed by atoms with Crippen molar-refractivity contribution in [3.05, 3.63) is 139 Å². The summed E-state index contributed by atoms with van der Waals surface area (Å²) in [4.78, 5) is 14.0. The van der Waals surface area contributed by atoms with E-state index in [2.05, 4.69) is 89.3 Å². The molecule has 5 heteroatoms. The van der Waals surface area contributed by atoms with Crippen LogP contribution in [0.2, 0.25) is 0 Å². The highest BCUT2D eigenvalue weighted by Crippen LogP contribution is 2.38. The highest BCUT2D eigenvalue weighted by Gasteiger charge is 2.19. The van der Waals surface area contributed by atoms with E-state index >= 15 is 0 Å². The third-order valence-corrected chi connectivity index (χ3v) is 7.40. The van der Waals surface area contributed by atoms with Crippen molar-refractivity contribution >= 4 is 11.0 Å². The predicted molar refractivity (Wildman–Crippen MR) is 165 cm³/mol. The number of aryl methyl sites for hydroxylation is 1. The smallest absolute Gasteiger partial charge is 0.149 e. The molecule has 0 saturated heterocycles. The molecule has 0 fully saturated rings. The van der Waals surface area contributed by atoms with Crippen molar-refractivity contribution in [1.82, 2.24) is 19.5 Å². The van der Waals surface area contributed by atoms with Crippen LogP contribution in [-0.2, 0) is 0 Å². The predicted octanol–water partition coefficient (Wildman–Crippen LogP) is 8.50. The van der Waals surface area contributed by atoms with Gasteiger partial charge >= 0.3 is 0 Å². The summed E-state index contributed by atoms with van der Waals surface area (Å²) in [6.07, 6.45) is 5.07. The molecule has 3 heterocycles. The van der Waals surface area contributed by atoms with E-state index in [1.54, 1.807) is 12.3 Å². The van der Waals surface area contributed by atoms with E-state index in [4.69, 9.17) is 9.97 Å². The Bertz CT molecular complexity index is 2010. The quantitative estimate of drug-likeness (QED) is 0.242. The van der Waals surface area contributed by atoms with Gasteiger partial charge in [0.25, 0.3) is 0 Å². The number of aromatic hydroxyl groups is 1. The highest BCUT2D eigenvalue weighted by molar-refractivity contribution is 5.96. The summed E-state index contributed by atoms with van der Waals surface area (Å²) in [5.74, 6) is 0.741. The lowest BCUT2D eigenvalue weighted by molar-refractivity contribution is 0.474. The van der Waals surface area contributed by atoms with Crippen molar-refractivity contribution in [2.75, 3.05) is 0 Å². The minimum absolute atomic E-state index is 0.0863. The first kappa shape index (κ1) is 24.5. The molecule has 0 amide bonds. The van der Waals surface area contributed by atoms with Crippen LogP contribution >= 0.6 is 0 Å². The van der Waals surface area contributed by atoms with Crippen LogP contribution in [0.5, 0.6) is 5.75 Å². The van der Waals surface area contributed by atoms with E-state index in [9.17, 15) is 5.11 Å². The van der Waals surface area contributed by atoms with Crippen molar-refractivity contribution < 1.29 is 5.11 Å². The summed E-state index contributed by atoms with van der Waals surface area (Å²) in [6, 6.07) is 39.1. The molecule has 0 aliphatic carbocycles. The fourth-order valence-corrected chi connectivity index (χ4v) is 5.38. The Balaban J connectivity index is 1.40. The lowest BCUT2D eigenvalue weighted by Gasteiger charge is -2.11. The average Bonchev–Trinajstić information content (AvgIpc) is 3.42. The number of nitrogens with zero attached hydrogens (tertiary/aromatic N) is 4. The maximum atomic E-state index is 10.7. The molecule has 196 valence electrons. The molecule has 0 unspecified atom stereocenters. The van der Waals surface area contributed by atoms with Crippen LogP contribution in [0.3, 0.4) is 0 Å². The molecule has 0 atom stereocenters. The highest BCUT2D eigenvalue weighted by atomic mass is 16.3. The first-order chi connectivity index (χ1) is 20.2. The zero-order valence-electron chi connectivity index (χ0n) is 22.4. The van der Waals surface area contributed by atoms with Gasteiger partial charge in [-0.05, 0) is 65.6 Å². The number of para-hydroxylation sites is 2. The molecule has 0 bridgehead atoms. The lowest BCUT2D eigenvalue weighted by atomic mass is 9.97. The minimum Gasteiger partial charge on any atom is -0.506 e. The number of rotatable bonds is 5. The number of imidazole rings is 1. The minimum atomic E-state index is 0.0863. The van der Waals surface area contributed by atoms with E-state index in [-0.39, 0.29) is 5.75 Å². The van der Waals surface area contributed by atoms with Gasteiger partial charge < -0.3 is 5.11 Å². The summed E-state index contributed by atoms with van der Waals surface area (Å²) in [5.41, 5.74) is 10.9. The first-order valence-corrected chi connectivity index (χ1v) is 13.5. The van der Waals surface area contributed by atoms with Crippen LogP contribution < -0.4 is 0 Å². The Morgan fingerprint density at radius 3 is 2.17 bits per heavy atom. The van der Waals surface area contributed by atoms with Gasteiger partial charge in [-0.2, -0.15) is 0 Å². The maximum Gasteiger partial charge on any atom is 0.149 e. The molecule has 0 aliphatic rings. The van der Waals surface area contributed by atoms with Gasteiger partial charge in [0.2, 0.25) is 0 Å². The molecule has 0 spiro atoms. The number of pyridine rings is 2. The summed E-state index contributed by atoms with van der Waals surface area (Å²) in [6.45, 7) is 2.09. The molecule has 0 saturated carbocycles. The van der Waals surface area contributed by atoms with Crippen molar-refractivity contribution in [2.24, 2.45) is 0 Å². The zero-order valence-corrected chi connectivity index (χ0v) is 22.4. The Morgan fingerprint density at radius 2 is 1.37 bits per heavy atom. The molecule has 41 heavy (non-hydrogen) atoms. The maximum absolute atomic E-state index is 10.7. The largest absolute Gasteiger partial charge is 0.506 e. The standard InChI is InChI=1S/C36H26N4O/c1-24-22-38-32(21-31(24)25-10-4-2-5-11-25)27-13-8-12-26(20-27)29-16-9-17-33-35(29)39-36(30-18-19-37-23-34(30)41)40(33)28-14-6-3-7-15-28/h2-23,41H,1H3. The average molecular weight is 531 g/mol. The molecule has 3 aromatic heterocycles. The van der Waals surface area contributed by atoms with Crippen LogP contribution in [0.4, 0.5) is 0 Å². The Morgan fingerprint density at radius 1 is 0.634 bits per heavy atom. The van der Waals surface area contributed by atoms with Crippen molar-refractivity contribution in [3.63, 3.8) is 0 Å². The topological polar surface area (TPSA) is 63.8 Å². The van der Waals surface area contributed by atoms with Gasteiger partial charge in [-0.1, -0.05) is 78.9 Å². The van der Waals surface area contributed by atoms with Crippen LogP contribution in [0, 0.1) is 6.92 Å². The van der Waals surface area contributed by atoms with Crippen molar-refractivity contribution in [1.29, 1.82) is 0 Å². The van der Waals surface area contributed by atoms with Crippen molar-refractivity contribution in [2.45, 2.75) is 6.92 Å². The van der Waals surface area contributed by atoms with Crippen LogP contribution in [0.15, 0.2) is 134 Å². The van der Waals surface area contributed by atoms with Crippen LogP contribution in [0.1, 0.15) is 5.56 Å². The third kappa shape index (κ3) is 4.43. The number of hydrogen-bond acceptors (Lipinski definition) is 4. The lowest BCUT2D eigenvalue weighted by Crippen LogP contribution is -1.97. The van der Waals surface area contributed by atoms with Gasteiger partial charge in [-0.25, -0.2) is 4.98 Å². The van der Waals surface area contributed by atoms with Gasteiger partial charge in [0.05, 0.1) is 28.5 Å². The van der Waals surface area contributed by atoms with Gasteiger partial charge in [0, 0.05) is 29.2 Å². The van der Waals surface area contributed by atoms with E-state index in [1.807, 2.05) is 42.6 Å². The fourth-order valence-electron chi connectivity index (χ4n) is 5.38. The molecule has 0 aliphatic heterocycles. The number of benzene rings is 4. The molecule has 7 aromatic rings. The molecule has 4 aromatic carbocycles. The molecular weight excluding hydrogens is 504 g/mol. The number of fused-ring (bicyclic) bond motifs is 1. The van der Waals surface area contributed by atoms with Crippen molar-refractivity contribution in [3.8, 4) is 56.3 Å². The van der Waals surface area contributed by atoms with Gasteiger partial charge in [0.15, 0.2) is 0 Å². The first-order valence-electron chi connectivity index (χ1n) is 13.5. The van der Waals surface area contributed by atoms with Gasteiger partial charge in [-0.3, -0.25) is 14.5 Å². The Labute approximate surface area is 238 Å². The monoisotopic (exact) mass is 530 g/mol. The van der Waals surface area contributed by atoms with E-state index in [1.165, 1.54) is 17.3 Å². The molecular formula is C36H26N4O. The van der Waals surface area contributed by atoms with Gasteiger partial charge in [-0.15, -0.1) is 0 Å². The molecule has 5 nitrogen and oxygen atoms in total. The van der Waals surface area contributed by atoms with Crippen LogP contribution in [0.25, 0.3) is 61.6 Å². The summed E-state index contributed by atoms with van der Waals surface area (Å²) >= 11 is 0. The van der Waals surface area contributed by atoms with E-state index in [0.29, 0.717) is 11.4 Å². The third-order valence-electron chi connectivity index (χ3n) is 7.40.